The van der Waals surface area contributed by atoms with Gasteiger partial charge in [0.1, 0.15) is 18.3 Å². The standard InChI is InChI=1S/C10H11BrN4O/c1-15-10(13-6-14-15)4-9(16)8-3-2-7(11)5-12-8/h2-3,5-6,9,16H,4H2,1H3. The molecule has 1 atom stereocenters. The Morgan fingerprint density at radius 3 is 2.81 bits per heavy atom. The first-order valence-electron chi connectivity index (χ1n) is 4.79. The van der Waals surface area contributed by atoms with Crippen LogP contribution < -0.4 is 0 Å². The molecule has 1 N–H and O–H groups in total. The lowest BCUT2D eigenvalue weighted by Crippen LogP contribution is -2.08. The van der Waals surface area contributed by atoms with Crippen LogP contribution in [-0.4, -0.2) is 24.9 Å². The largest absolute Gasteiger partial charge is 0.386 e. The van der Waals surface area contributed by atoms with Crippen LogP contribution in [0.4, 0.5) is 0 Å². The molecule has 0 aliphatic carbocycles. The maximum atomic E-state index is 9.95. The fourth-order valence-corrected chi connectivity index (χ4v) is 1.60. The summed E-state index contributed by atoms with van der Waals surface area (Å²) < 4.78 is 2.53. The number of aliphatic hydroxyl groups is 1. The van der Waals surface area contributed by atoms with Crippen LogP contribution in [0.25, 0.3) is 0 Å². The minimum atomic E-state index is -0.656. The Morgan fingerprint density at radius 2 is 2.25 bits per heavy atom. The van der Waals surface area contributed by atoms with Crippen molar-refractivity contribution in [1.29, 1.82) is 0 Å². The molecule has 2 heterocycles. The first-order valence-corrected chi connectivity index (χ1v) is 5.58. The molecule has 16 heavy (non-hydrogen) atoms. The number of halogens is 1. The fraction of sp³-hybridized carbons (Fsp3) is 0.300. The zero-order valence-electron chi connectivity index (χ0n) is 8.71. The van der Waals surface area contributed by atoms with Crippen molar-refractivity contribution in [3.63, 3.8) is 0 Å². The van der Waals surface area contributed by atoms with Crippen molar-refractivity contribution in [3.8, 4) is 0 Å². The Morgan fingerprint density at radius 1 is 1.44 bits per heavy atom. The number of aliphatic hydroxyl groups excluding tert-OH is 1. The summed E-state index contributed by atoms with van der Waals surface area (Å²) in [7, 11) is 1.80. The van der Waals surface area contributed by atoms with Crippen LogP contribution in [0.15, 0.2) is 29.1 Å². The molecule has 0 saturated carbocycles. The average molecular weight is 283 g/mol. The third kappa shape index (κ3) is 2.45. The summed E-state index contributed by atoms with van der Waals surface area (Å²) in [5, 5.41) is 13.9. The van der Waals surface area contributed by atoms with E-state index in [1.807, 2.05) is 6.07 Å². The van der Waals surface area contributed by atoms with Gasteiger partial charge < -0.3 is 5.11 Å². The molecule has 0 spiro atoms. The summed E-state index contributed by atoms with van der Waals surface area (Å²) in [6, 6.07) is 3.63. The van der Waals surface area contributed by atoms with E-state index in [2.05, 4.69) is 31.0 Å². The van der Waals surface area contributed by atoms with Crippen molar-refractivity contribution in [2.45, 2.75) is 12.5 Å². The predicted octanol–water partition coefficient (Wildman–Crippen LogP) is 1.25. The zero-order valence-corrected chi connectivity index (χ0v) is 10.3. The Labute approximate surface area is 101 Å². The van der Waals surface area contributed by atoms with E-state index >= 15 is 0 Å². The Hall–Kier alpha value is -1.27. The van der Waals surface area contributed by atoms with E-state index < -0.39 is 6.10 Å². The lowest BCUT2D eigenvalue weighted by molar-refractivity contribution is 0.169. The van der Waals surface area contributed by atoms with Gasteiger partial charge in [0, 0.05) is 24.1 Å². The molecular weight excluding hydrogens is 272 g/mol. The van der Waals surface area contributed by atoms with Gasteiger partial charge >= 0.3 is 0 Å². The quantitative estimate of drug-likeness (QED) is 0.920. The van der Waals surface area contributed by atoms with E-state index in [-0.39, 0.29) is 0 Å². The predicted molar refractivity (Wildman–Crippen MR) is 61.6 cm³/mol. The topological polar surface area (TPSA) is 63.8 Å². The second-order valence-electron chi connectivity index (χ2n) is 3.42. The molecule has 5 nitrogen and oxygen atoms in total. The number of pyridine rings is 1. The van der Waals surface area contributed by atoms with Gasteiger partial charge in [-0.1, -0.05) is 0 Å². The highest BCUT2D eigenvalue weighted by atomic mass is 79.9. The van der Waals surface area contributed by atoms with E-state index in [0.717, 1.165) is 10.3 Å². The lowest BCUT2D eigenvalue weighted by atomic mass is 10.1. The minimum Gasteiger partial charge on any atom is -0.386 e. The molecule has 2 rings (SSSR count). The SMILES string of the molecule is Cn1ncnc1CC(O)c1ccc(Br)cn1. The summed E-state index contributed by atoms with van der Waals surface area (Å²) >= 11 is 3.30. The van der Waals surface area contributed by atoms with Crippen LogP contribution in [0.2, 0.25) is 0 Å². The van der Waals surface area contributed by atoms with Crippen LogP contribution in [0.3, 0.4) is 0 Å². The van der Waals surface area contributed by atoms with Crippen LogP contribution >= 0.6 is 15.9 Å². The molecule has 84 valence electrons. The van der Waals surface area contributed by atoms with Gasteiger partial charge in [-0.05, 0) is 28.1 Å². The van der Waals surface area contributed by atoms with Crippen LogP contribution in [0, 0.1) is 0 Å². The molecule has 0 fully saturated rings. The maximum Gasteiger partial charge on any atom is 0.138 e. The van der Waals surface area contributed by atoms with Crippen LogP contribution in [0.5, 0.6) is 0 Å². The average Bonchev–Trinajstić information content (AvgIpc) is 2.65. The summed E-state index contributed by atoms with van der Waals surface area (Å²) in [6.45, 7) is 0. The number of hydrogen-bond donors (Lipinski definition) is 1. The molecular formula is C10H11BrN4O. The smallest absolute Gasteiger partial charge is 0.138 e. The van der Waals surface area contributed by atoms with Crippen molar-refractivity contribution in [3.05, 3.63) is 40.6 Å². The molecule has 1 unspecified atom stereocenters. The number of rotatable bonds is 3. The summed E-state index contributed by atoms with van der Waals surface area (Å²) in [5.74, 6) is 0.734. The lowest BCUT2D eigenvalue weighted by Gasteiger charge is -2.09. The summed E-state index contributed by atoms with van der Waals surface area (Å²) in [4.78, 5) is 8.19. The van der Waals surface area contributed by atoms with Gasteiger partial charge in [-0.2, -0.15) is 5.10 Å². The fourth-order valence-electron chi connectivity index (χ4n) is 1.37. The number of nitrogens with zero attached hydrogens (tertiary/aromatic N) is 4. The number of aromatic nitrogens is 4. The van der Waals surface area contributed by atoms with E-state index in [1.165, 1.54) is 6.33 Å². The first kappa shape index (κ1) is 11.2. The van der Waals surface area contributed by atoms with Crippen LogP contribution in [0.1, 0.15) is 17.6 Å². The third-order valence-corrected chi connectivity index (χ3v) is 2.74. The van der Waals surface area contributed by atoms with Crippen molar-refractivity contribution >= 4 is 15.9 Å². The molecule has 0 saturated heterocycles. The van der Waals surface area contributed by atoms with E-state index in [1.54, 1.807) is 24.0 Å². The van der Waals surface area contributed by atoms with E-state index in [9.17, 15) is 5.11 Å². The molecule has 0 amide bonds. The van der Waals surface area contributed by atoms with Crippen molar-refractivity contribution in [2.75, 3.05) is 0 Å². The van der Waals surface area contributed by atoms with Crippen molar-refractivity contribution in [1.82, 2.24) is 19.7 Å². The van der Waals surface area contributed by atoms with Gasteiger partial charge in [0.25, 0.3) is 0 Å². The number of hydrogen-bond acceptors (Lipinski definition) is 4. The van der Waals surface area contributed by atoms with E-state index in [4.69, 9.17) is 0 Å². The van der Waals surface area contributed by atoms with Crippen molar-refractivity contribution < 1.29 is 5.11 Å². The monoisotopic (exact) mass is 282 g/mol. The normalized spacial score (nSPS) is 12.7. The van der Waals surface area contributed by atoms with Crippen molar-refractivity contribution in [2.24, 2.45) is 7.05 Å². The highest BCUT2D eigenvalue weighted by Crippen LogP contribution is 2.16. The van der Waals surface area contributed by atoms with Gasteiger partial charge in [0.05, 0.1) is 5.69 Å². The number of aryl methyl sites for hydroxylation is 1. The van der Waals surface area contributed by atoms with E-state index in [0.29, 0.717) is 12.1 Å². The Balaban J connectivity index is 2.11. The zero-order chi connectivity index (χ0) is 11.5. The highest BCUT2D eigenvalue weighted by molar-refractivity contribution is 9.10. The summed E-state index contributed by atoms with van der Waals surface area (Å²) in [5.41, 5.74) is 0.631. The molecule has 2 aromatic heterocycles. The maximum absolute atomic E-state index is 9.95. The van der Waals surface area contributed by atoms with Gasteiger partial charge in [-0.3, -0.25) is 9.67 Å². The van der Waals surface area contributed by atoms with Gasteiger partial charge in [0.15, 0.2) is 0 Å². The Kier molecular flexibility index (Phi) is 3.31. The minimum absolute atomic E-state index is 0.408. The molecule has 0 bridgehead atoms. The molecule has 0 aliphatic heterocycles. The van der Waals surface area contributed by atoms with Gasteiger partial charge in [0.2, 0.25) is 0 Å². The third-order valence-electron chi connectivity index (χ3n) is 2.27. The highest BCUT2D eigenvalue weighted by Gasteiger charge is 2.12. The second kappa shape index (κ2) is 4.71. The molecule has 6 heteroatoms. The second-order valence-corrected chi connectivity index (χ2v) is 4.34. The molecule has 2 aromatic rings. The molecule has 0 radical (unpaired) electrons. The van der Waals surface area contributed by atoms with Gasteiger partial charge in [-0.15, -0.1) is 0 Å². The summed E-state index contributed by atoms with van der Waals surface area (Å²) in [6.07, 6.45) is 2.88. The van der Waals surface area contributed by atoms with Crippen LogP contribution in [-0.2, 0) is 13.5 Å². The molecule has 0 aliphatic rings. The van der Waals surface area contributed by atoms with Gasteiger partial charge in [-0.25, -0.2) is 4.98 Å². The first-order chi connectivity index (χ1) is 7.66. The molecule has 0 aromatic carbocycles. The Bertz CT molecular complexity index is 468.